The Labute approximate surface area is 131 Å². The van der Waals surface area contributed by atoms with Crippen LogP contribution < -0.4 is 5.76 Å². The molecule has 1 fully saturated rings. The van der Waals surface area contributed by atoms with E-state index in [4.69, 9.17) is 9.52 Å². The van der Waals surface area contributed by atoms with Crippen molar-refractivity contribution >= 4 is 23.0 Å². The summed E-state index contributed by atoms with van der Waals surface area (Å²) < 4.78 is 4.95. The van der Waals surface area contributed by atoms with Crippen LogP contribution in [-0.4, -0.2) is 64.5 Å². The number of rotatable bonds is 4. The van der Waals surface area contributed by atoms with E-state index in [0.717, 1.165) is 0 Å². The van der Waals surface area contributed by atoms with Crippen LogP contribution in [0.25, 0.3) is 11.1 Å². The third-order valence-corrected chi connectivity index (χ3v) is 4.04. The summed E-state index contributed by atoms with van der Waals surface area (Å²) in [5.41, 5.74) is 1.44. The lowest BCUT2D eigenvalue weighted by atomic mass is 10.1. The molecule has 1 aromatic heterocycles. The molecule has 1 aliphatic heterocycles. The number of amides is 1. The number of fused-ring (bicyclic) bond motifs is 1. The zero-order valence-electron chi connectivity index (χ0n) is 12.4. The number of nitrogens with one attached hydrogen (secondary N) is 1. The van der Waals surface area contributed by atoms with Gasteiger partial charge in [-0.25, -0.2) is 9.59 Å². The van der Waals surface area contributed by atoms with E-state index < -0.39 is 11.8 Å². The van der Waals surface area contributed by atoms with Crippen molar-refractivity contribution in [2.75, 3.05) is 32.7 Å². The van der Waals surface area contributed by atoms with Crippen molar-refractivity contribution in [3.63, 3.8) is 0 Å². The number of piperazine rings is 1. The van der Waals surface area contributed by atoms with Gasteiger partial charge in [-0.05, 0) is 18.2 Å². The molecular weight excluding hydrogens is 302 g/mol. The molecule has 8 heteroatoms. The summed E-state index contributed by atoms with van der Waals surface area (Å²) in [6, 6.07) is 4.88. The van der Waals surface area contributed by atoms with Gasteiger partial charge in [0.2, 0.25) is 0 Å². The fourth-order valence-electron chi connectivity index (χ4n) is 2.69. The van der Waals surface area contributed by atoms with Crippen molar-refractivity contribution in [2.45, 2.75) is 6.42 Å². The third-order valence-electron chi connectivity index (χ3n) is 4.04. The van der Waals surface area contributed by atoms with Gasteiger partial charge in [-0.1, -0.05) is 0 Å². The van der Waals surface area contributed by atoms with E-state index in [1.165, 1.54) is 4.90 Å². The molecule has 1 saturated heterocycles. The van der Waals surface area contributed by atoms with Crippen LogP contribution in [0.2, 0.25) is 0 Å². The zero-order chi connectivity index (χ0) is 16.4. The van der Waals surface area contributed by atoms with Gasteiger partial charge in [0.1, 0.15) is 0 Å². The maximum atomic E-state index is 12.2. The monoisotopic (exact) mass is 319 g/mol. The fraction of sp³-hybridized carbons (Fsp3) is 0.400. The Bertz CT molecular complexity index is 786. The van der Waals surface area contributed by atoms with Gasteiger partial charge in [-0.2, -0.15) is 0 Å². The normalized spacial score (nSPS) is 15.9. The molecule has 0 spiro atoms. The van der Waals surface area contributed by atoms with Crippen LogP contribution in [0.3, 0.4) is 0 Å². The van der Waals surface area contributed by atoms with Gasteiger partial charge in [0.25, 0.3) is 0 Å². The Morgan fingerprint density at radius 3 is 2.65 bits per heavy atom. The molecule has 23 heavy (non-hydrogen) atoms. The first kappa shape index (κ1) is 15.3. The number of hydrogen-bond donors (Lipinski definition) is 2. The van der Waals surface area contributed by atoms with Gasteiger partial charge >= 0.3 is 11.8 Å². The van der Waals surface area contributed by atoms with E-state index in [9.17, 15) is 14.4 Å². The lowest BCUT2D eigenvalue weighted by Crippen LogP contribution is -2.48. The number of Topliss-reactive ketones (excluding diaryl/α,β-unsaturated/α-hetero) is 1. The van der Waals surface area contributed by atoms with Crippen molar-refractivity contribution in [2.24, 2.45) is 0 Å². The molecule has 0 aliphatic carbocycles. The molecule has 2 aromatic rings. The van der Waals surface area contributed by atoms with Gasteiger partial charge in [0.15, 0.2) is 11.4 Å². The van der Waals surface area contributed by atoms with Crippen molar-refractivity contribution in [1.29, 1.82) is 0 Å². The first-order valence-corrected chi connectivity index (χ1v) is 7.39. The summed E-state index contributed by atoms with van der Waals surface area (Å²) in [7, 11) is 0. The van der Waals surface area contributed by atoms with E-state index in [2.05, 4.69) is 9.88 Å². The fourth-order valence-corrected chi connectivity index (χ4v) is 2.69. The Balaban J connectivity index is 1.56. The smallest absolute Gasteiger partial charge is 0.417 e. The second-order valence-corrected chi connectivity index (χ2v) is 5.51. The summed E-state index contributed by atoms with van der Waals surface area (Å²) in [4.78, 5) is 40.2. The number of aromatic nitrogens is 1. The van der Waals surface area contributed by atoms with Gasteiger partial charge in [0, 0.05) is 44.7 Å². The van der Waals surface area contributed by atoms with E-state index in [0.29, 0.717) is 55.8 Å². The van der Waals surface area contributed by atoms with Crippen LogP contribution in [0.4, 0.5) is 4.79 Å². The predicted octanol–water partition coefficient (Wildman–Crippen LogP) is 0.990. The van der Waals surface area contributed by atoms with Gasteiger partial charge in [-0.15, -0.1) is 0 Å². The Morgan fingerprint density at radius 2 is 1.96 bits per heavy atom. The standard InChI is InChI=1S/C15H17N3O5/c19-12(3-4-17-5-7-18(8-6-17)15(21)22)10-1-2-11-13(9-10)23-14(20)16-11/h1-2,9H,3-8H2,(H,16,20)(H,21,22). The third kappa shape index (κ3) is 3.42. The molecule has 2 N–H and O–H groups in total. The summed E-state index contributed by atoms with van der Waals surface area (Å²) >= 11 is 0. The molecule has 1 aliphatic rings. The van der Waals surface area contributed by atoms with Crippen LogP contribution in [0, 0.1) is 0 Å². The van der Waals surface area contributed by atoms with E-state index >= 15 is 0 Å². The largest absolute Gasteiger partial charge is 0.465 e. The molecule has 0 unspecified atom stereocenters. The first-order chi connectivity index (χ1) is 11.0. The minimum atomic E-state index is -0.901. The van der Waals surface area contributed by atoms with E-state index in [-0.39, 0.29) is 5.78 Å². The molecule has 0 saturated carbocycles. The van der Waals surface area contributed by atoms with Crippen LogP contribution in [0.15, 0.2) is 27.4 Å². The number of carboxylic acid groups (broad SMARTS) is 1. The number of carbonyl (C=O) groups excluding carboxylic acids is 1. The van der Waals surface area contributed by atoms with E-state index in [1.807, 2.05) is 0 Å². The number of hydrogen-bond acceptors (Lipinski definition) is 5. The Kier molecular flexibility index (Phi) is 4.16. The number of aromatic amines is 1. The molecule has 0 atom stereocenters. The van der Waals surface area contributed by atoms with Gasteiger partial charge < -0.3 is 14.4 Å². The van der Waals surface area contributed by atoms with Crippen LogP contribution in [0.5, 0.6) is 0 Å². The minimum absolute atomic E-state index is 0.0311. The number of benzene rings is 1. The van der Waals surface area contributed by atoms with Crippen LogP contribution in [-0.2, 0) is 0 Å². The highest BCUT2D eigenvalue weighted by Gasteiger charge is 2.20. The molecule has 8 nitrogen and oxygen atoms in total. The van der Waals surface area contributed by atoms with Gasteiger partial charge in [-0.3, -0.25) is 14.7 Å². The van der Waals surface area contributed by atoms with Gasteiger partial charge in [0.05, 0.1) is 5.52 Å². The topological polar surface area (TPSA) is 107 Å². The maximum Gasteiger partial charge on any atom is 0.417 e. The second kappa shape index (κ2) is 6.25. The summed E-state index contributed by atoms with van der Waals surface area (Å²) in [5.74, 6) is -0.572. The molecule has 1 aromatic carbocycles. The lowest BCUT2D eigenvalue weighted by molar-refractivity contribution is 0.0899. The number of oxazole rings is 1. The first-order valence-electron chi connectivity index (χ1n) is 7.39. The van der Waals surface area contributed by atoms with Crippen molar-refractivity contribution in [3.8, 4) is 0 Å². The zero-order valence-corrected chi connectivity index (χ0v) is 12.4. The predicted molar refractivity (Wildman–Crippen MR) is 81.8 cm³/mol. The van der Waals surface area contributed by atoms with Crippen molar-refractivity contribution < 1.29 is 19.1 Å². The minimum Gasteiger partial charge on any atom is -0.465 e. The average Bonchev–Trinajstić information content (AvgIpc) is 2.92. The number of ketones is 1. The van der Waals surface area contributed by atoms with Crippen LogP contribution >= 0.6 is 0 Å². The molecule has 3 rings (SSSR count). The van der Waals surface area contributed by atoms with Crippen molar-refractivity contribution in [1.82, 2.24) is 14.8 Å². The molecule has 0 bridgehead atoms. The number of nitrogens with zero attached hydrogens (tertiary/aromatic N) is 2. The maximum absolute atomic E-state index is 12.2. The molecule has 1 amide bonds. The molecule has 0 radical (unpaired) electrons. The quantitative estimate of drug-likeness (QED) is 0.814. The highest BCUT2D eigenvalue weighted by atomic mass is 16.4. The van der Waals surface area contributed by atoms with Crippen LogP contribution in [0.1, 0.15) is 16.8 Å². The average molecular weight is 319 g/mol. The summed E-state index contributed by atoms with van der Waals surface area (Å²) in [6.07, 6.45) is -0.560. The SMILES string of the molecule is O=C(CCN1CCN(C(=O)O)CC1)c1ccc2[nH]c(=O)oc2c1. The van der Waals surface area contributed by atoms with E-state index in [1.54, 1.807) is 18.2 Å². The second-order valence-electron chi connectivity index (χ2n) is 5.51. The number of H-pyrrole nitrogens is 1. The highest BCUT2D eigenvalue weighted by molar-refractivity contribution is 5.98. The summed E-state index contributed by atoms with van der Waals surface area (Å²) in [6.45, 7) is 2.77. The molecular formula is C15H17N3O5. The Hall–Kier alpha value is -2.61. The summed E-state index contributed by atoms with van der Waals surface area (Å²) in [5, 5.41) is 8.90. The number of carbonyl (C=O) groups is 2. The lowest BCUT2D eigenvalue weighted by Gasteiger charge is -2.32. The Morgan fingerprint density at radius 1 is 1.22 bits per heavy atom. The molecule has 2 heterocycles. The highest BCUT2D eigenvalue weighted by Crippen LogP contribution is 2.14. The van der Waals surface area contributed by atoms with Crippen molar-refractivity contribution in [3.05, 3.63) is 34.3 Å². The molecule has 122 valence electrons.